The van der Waals surface area contributed by atoms with Crippen molar-refractivity contribution in [2.24, 2.45) is 0 Å². The summed E-state index contributed by atoms with van der Waals surface area (Å²) in [5.41, 5.74) is 0. The van der Waals surface area contributed by atoms with Crippen molar-refractivity contribution in [1.29, 1.82) is 0 Å². The van der Waals surface area contributed by atoms with Crippen molar-refractivity contribution in [3.8, 4) is 0 Å². The average molecular weight is 1920 g/mol. The molecule has 0 radical (unpaired) electrons. The van der Waals surface area contributed by atoms with Crippen LogP contribution in [0.4, 0.5) is 0 Å². The number of unbranched alkanes of at least 4 members (excludes halogenated alkanes) is 66. The highest BCUT2D eigenvalue weighted by molar-refractivity contribution is 5.72. The van der Waals surface area contributed by atoms with Gasteiger partial charge in [-0.05, 0) is 193 Å². The molecule has 0 unspecified atom stereocenters. The highest BCUT2D eigenvalue weighted by atomic mass is 16.6. The molecule has 2 saturated heterocycles. The first kappa shape index (κ1) is 129. The quantitative estimate of drug-likeness (QED) is 0.0250. The number of ether oxygens (including phenoxy) is 8. The lowest BCUT2D eigenvalue weighted by Gasteiger charge is -2.26. The lowest BCUT2D eigenvalue weighted by molar-refractivity contribution is -0.171. The third kappa shape index (κ3) is 85.8. The normalized spacial score (nSPS) is 16.7. The van der Waals surface area contributed by atoms with Gasteiger partial charge in [-0.3, -0.25) is 28.8 Å². The van der Waals surface area contributed by atoms with Gasteiger partial charge in [0.2, 0.25) is 0 Å². The first-order valence-corrected chi connectivity index (χ1v) is 58.4. The zero-order chi connectivity index (χ0) is 98.5. The number of allylic oxidation sites excluding steroid dienone is 12. The molecule has 0 aromatic carbocycles. The van der Waals surface area contributed by atoms with E-state index in [1.807, 2.05) is 0 Å². The number of esters is 6. The zero-order valence-corrected chi connectivity index (χ0v) is 89.4. The Morgan fingerprint density at radius 3 is 0.706 bits per heavy atom. The van der Waals surface area contributed by atoms with E-state index in [1.165, 1.54) is 289 Å². The van der Waals surface area contributed by atoms with E-state index in [-0.39, 0.29) is 76.0 Å². The van der Waals surface area contributed by atoms with Crippen LogP contribution in [-0.4, -0.2) is 121 Å². The number of hydrogen-bond acceptors (Lipinski definition) is 16. The molecule has 16 heteroatoms. The summed E-state index contributed by atoms with van der Waals surface area (Å²) < 4.78 is 46.2. The first-order chi connectivity index (χ1) is 66.8. The van der Waals surface area contributed by atoms with E-state index in [0.29, 0.717) is 25.7 Å². The Balaban J connectivity index is 0.00000136. The van der Waals surface area contributed by atoms with Gasteiger partial charge in [-0.1, -0.05) is 423 Å². The Morgan fingerprint density at radius 1 is 0.243 bits per heavy atom. The summed E-state index contributed by atoms with van der Waals surface area (Å²) in [7, 11) is 0. The molecule has 2 aliphatic rings. The minimum Gasteiger partial charge on any atom is -0.463 e. The monoisotopic (exact) mass is 1910 g/mol. The molecule has 2 aliphatic heterocycles. The van der Waals surface area contributed by atoms with Crippen LogP contribution in [0.15, 0.2) is 72.9 Å². The Morgan fingerprint density at radius 2 is 0.441 bits per heavy atom. The second-order valence-corrected chi connectivity index (χ2v) is 40.1. The molecule has 136 heavy (non-hydrogen) atoms. The predicted octanol–water partition coefficient (Wildman–Crippen LogP) is 34.5. The molecule has 0 amide bonds. The Labute approximate surface area is 836 Å². The van der Waals surface area contributed by atoms with Crippen LogP contribution in [0.1, 0.15) is 581 Å². The molecule has 0 aromatic heterocycles. The summed E-state index contributed by atoms with van der Waals surface area (Å²) in [6, 6.07) is 0. The Kier molecular flexibility index (Phi) is 97.8. The molecule has 0 bridgehead atoms. The molecule has 792 valence electrons. The first-order valence-electron chi connectivity index (χ1n) is 58.4. The number of rotatable bonds is 100. The molecule has 0 spiro atoms. The number of hydrogen-bond donors (Lipinski definition) is 2. The van der Waals surface area contributed by atoms with Gasteiger partial charge >= 0.3 is 35.8 Å². The van der Waals surface area contributed by atoms with Crippen LogP contribution in [0.5, 0.6) is 0 Å². The lowest BCUT2D eigenvalue weighted by Crippen LogP contribution is -2.45. The van der Waals surface area contributed by atoms with Gasteiger partial charge in [-0.25, -0.2) is 0 Å². The fourth-order valence-electron chi connectivity index (χ4n) is 17.9. The van der Waals surface area contributed by atoms with Crippen molar-refractivity contribution in [3.05, 3.63) is 72.9 Å². The summed E-state index contributed by atoms with van der Waals surface area (Å²) in [5.74, 6) is -2.22. The zero-order valence-electron chi connectivity index (χ0n) is 89.4. The number of carbonyl (C=O) groups excluding carboxylic acids is 6. The highest BCUT2D eigenvalue weighted by Gasteiger charge is 2.47. The molecule has 0 saturated carbocycles. The Bertz CT molecular complexity index is 2830. The van der Waals surface area contributed by atoms with Crippen molar-refractivity contribution in [2.75, 3.05) is 26.4 Å². The van der Waals surface area contributed by atoms with Gasteiger partial charge in [0, 0.05) is 38.5 Å². The summed E-state index contributed by atoms with van der Waals surface area (Å²) in [5, 5.41) is 22.4. The molecule has 0 aromatic rings. The van der Waals surface area contributed by atoms with E-state index in [2.05, 4.69) is 114 Å². The van der Waals surface area contributed by atoms with Gasteiger partial charge in [0.05, 0.1) is 13.2 Å². The molecule has 0 aliphatic carbocycles. The Hall–Kier alpha value is -4.90. The number of aliphatic hydroxyl groups is 2. The van der Waals surface area contributed by atoms with Gasteiger partial charge in [-0.15, -0.1) is 0 Å². The van der Waals surface area contributed by atoms with Crippen molar-refractivity contribution in [2.45, 2.75) is 630 Å². The third-order valence-electron chi connectivity index (χ3n) is 26.9. The molecule has 2 rings (SSSR count). The van der Waals surface area contributed by atoms with E-state index in [4.69, 9.17) is 37.9 Å². The molecule has 2 N–H and O–H groups in total. The maximum absolute atomic E-state index is 13.1. The summed E-state index contributed by atoms with van der Waals surface area (Å²) >= 11 is 0. The largest absolute Gasteiger partial charge is 0.463 e. The third-order valence-corrected chi connectivity index (χ3v) is 26.9. The van der Waals surface area contributed by atoms with E-state index in [9.17, 15) is 39.0 Å². The van der Waals surface area contributed by atoms with Crippen LogP contribution in [0.25, 0.3) is 0 Å². The molecule has 2 fully saturated rings. The van der Waals surface area contributed by atoms with Crippen LogP contribution >= 0.6 is 0 Å². The second kappa shape index (κ2) is 103. The fraction of sp³-hybridized carbons (Fsp3) is 0.850. The van der Waals surface area contributed by atoms with E-state index >= 15 is 0 Å². The molecular formula is C120H216O16. The summed E-state index contributed by atoms with van der Waals surface area (Å²) in [6.45, 7) is 13.1. The summed E-state index contributed by atoms with van der Waals surface area (Å²) in [6.07, 6.45) is 114. The van der Waals surface area contributed by atoms with E-state index in [0.717, 1.165) is 199 Å². The molecular weight excluding hydrogens is 1700 g/mol. The molecule has 8 atom stereocenters. The van der Waals surface area contributed by atoms with Crippen LogP contribution < -0.4 is 0 Å². The van der Waals surface area contributed by atoms with Gasteiger partial charge < -0.3 is 48.1 Å². The minimum atomic E-state index is -1.22. The van der Waals surface area contributed by atoms with E-state index in [1.54, 1.807) is 0 Å². The van der Waals surface area contributed by atoms with Crippen molar-refractivity contribution in [3.63, 3.8) is 0 Å². The smallest absolute Gasteiger partial charge is 0.306 e. The van der Waals surface area contributed by atoms with Crippen molar-refractivity contribution in [1.82, 2.24) is 0 Å². The van der Waals surface area contributed by atoms with Gasteiger partial charge in [0.1, 0.15) is 37.6 Å². The van der Waals surface area contributed by atoms with Gasteiger partial charge in [0.15, 0.2) is 24.4 Å². The predicted molar refractivity (Wildman–Crippen MR) is 570 cm³/mol. The van der Waals surface area contributed by atoms with E-state index < -0.39 is 60.8 Å². The average Bonchev–Trinajstić information content (AvgIpc) is 1.68. The standard InChI is InChI=1S/2C60H108O8/c1-4-7-10-13-16-19-22-25-28-31-34-37-40-43-46-49-56(61)65-53-55(68-58(63)51-48-45-42-39-36-33-30-27-24-21-18-15-12-9-6-3)60-59(64)54(52-66-60)67-57(62)50-47-44-41-38-35-32-29-26-23-20-17-14-11-8-5-2;1-4-7-10-13-16-19-22-25-28-31-34-37-40-43-46-49-56(62)65-52-54(61)59-60(68-58(64)51-48-45-42-39-36-33-30-27-24-21-18-15-12-9-6-3)55(53-66-59)67-57(63)50-47-44-41-38-35-32-29-26-23-20-17-14-11-8-5-2/h25-30,54-55,59-60,64H,4-24,31-53H2,1-3H3;25-30,54-55,59-61H,4-24,31-53H2,1-3H3/b2*28-25-,29-26-,30-27-/t54-,55+,59+,60+;54-,55+,59-,60-/m01/s1. The van der Waals surface area contributed by atoms with Crippen molar-refractivity contribution < 1.29 is 76.9 Å². The summed E-state index contributed by atoms with van der Waals surface area (Å²) in [4.78, 5) is 77.5. The molecule has 16 nitrogen and oxygen atoms in total. The molecule has 2 heterocycles. The minimum absolute atomic E-state index is 0.00486. The lowest BCUT2D eigenvalue weighted by atomic mass is 10.1. The SMILES string of the molecule is CCCCCCCC/C=C\CCCCCCCC(=O)OC[C@@H](O)[C@H]1OC[C@H](OC(=O)CCCCCCC/C=C\CCCCCCCC)[C@H]1OC(=O)CCCCCCC/C=C\CCCCCCCC.CCCCCCCC/C=C\CCCCCCCC(=O)OC[C@@H](OC(=O)CCCCCCC/C=C\CCCCCCCC)[C@H]1OC[C@H](OC(=O)CCCCCCC/C=C\CCCCCCCC)[C@H]1O. The number of aliphatic hydroxyl groups excluding tert-OH is 2. The van der Waals surface area contributed by atoms with Crippen LogP contribution in [-0.2, 0) is 66.7 Å². The maximum Gasteiger partial charge on any atom is 0.306 e. The van der Waals surface area contributed by atoms with Crippen LogP contribution in [0.3, 0.4) is 0 Å². The number of carbonyl (C=O) groups is 6. The topological polar surface area (TPSA) is 217 Å². The van der Waals surface area contributed by atoms with Crippen LogP contribution in [0.2, 0.25) is 0 Å². The van der Waals surface area contributed by atoms with Gasteiger partial charge in [0.25, 0.3) is 0 Å². The van der Waals surface area contributed by atoms with Gasteiger partial charge in [-0.2, -0.15) is 0 Å². The highest BCUT2D eigenvalue weighted by Crippen LogP contribution is 2.29. The second-order valence-electron chi connectivity index (χ2n) is 40.1. The van der Waals surface area contributed by atoms with Crippen LogP contribution in [0, 0.1) is 0 Å². The maximum atomic E-state index is 13.1. The fourth-order valence-corrected chi connectivity index (χ4v) is 17.9. The van der Waals surface area contributed by atoms with Crippen molar-refractivity contribution >= 4 is 35.8 Å².